The van der Waals surface area contributed by atoms with E-state index in [1.54, 1.807) is 6.07 Å². The van der Waals surface area contributed by atoms with Crippen LogP contribution in [0.2, 0.25) is 0 Å². The minimum Gasteiger partial charge on any atom is -0.489 e. The largest absolute Gasteiger partial charge is 0.489 e. The van der Waals surface area contributed by atoms with E-state index in [-0.39, 0.29) is 5.76 Å². The molecule has 0 fully saturated rings. The molecule has 4 nitrogen and oxygen atoms in total. The SMILES string of the molecule is O=C(O)c1cc2ccc3c(c2o1)C=CCO3. The lowest BCUT2D eigenvalue weighted by Crippen LogP contribution is -1.99. The van der Waals surface area contributed by atoms with Gasteiger partial charge in [-0.25, -0.2) is 4.79 Å². The fourth-order valence-corrected chi connectivity index (χ4v) is 1.80. The number of aromatic carboxylic acids is 1. The number of carboxylic acid groups (broad SMARTS) is 1. The van der Waals surface area contributed by atoms with Gasteiger partial charge in [0.05, 0.1) is 5.56 Å². The summed E-state index contributed by atoms with van der Waals surface area (Å²) in [7, 11) is 0. The second kappa shape index (κ2) is 3.13. The molecule has 1 N–H and O–H groups in total. The standard InChI is InChI=1S/C12H8O4/c13-12(14)10-6-7-3-4-9-8(11(7)16-10)2-1-5-15-9/h1-4,6H,5H2,(H,13,14). The Labute approximate surface area is 90.7 Å². The van der Waals surface area contributed by atoms with Crippen molar-refractivity contribution >= 4 is 23.0 Å². The lowest BCUT2D eigenvalue weighted by atomic mass is 10.1. The van der Waals surface area contributed by atoms with Gasteiger partial charge in [0.25, 0.3) is 0 Å². The molecule has 0 unspecified atom stereocenters. The summed E-state index contributed by atoms with van der Waals surface area (Å²) in [5.41, 5.74) is 1.36. The fraction of sp³-hybridized carbons (Fsp3) is 0.0833. The summed E-state index contributed by atoms with van der Waals surface area (Å²) in [6.07, 6.45) is 3.75. The zero-order valence-corrected chi connectivity index (χ0v) is 8.27. The number of hydrogen-bond donors (Lipinski definition) is 1. The van der Waals surface area contributed by atoms with Crippen molar-refractivity contribution in [2.45, 2.75) is 0 Å². The maximum Gasteiger partial charge on any atom is 0.371 e. The number of benzene rings is 1. The molecule has 0 spiro atoms. The molecule has 2 aromatic rings. The molecule has 0 atom stereocenters. The molecule has 0 saturated heterocycles. The van der Waals surface area contributed by atoms with E-state index in [2.05, 4.69) is 0 Å². The molecule has 1 aromatic carbocycles. The van der Waals surface area contributed by atoms with Gasteiger partial charge in [-0.3, -0.25) is 0 Å². The minimum absolute atomic E-state index is 0.0534. The first-order valence-electron chi connectivity index (χ1n) is 4.85. The highest BCUT2D eigenvalue weighted by molar-refractivity contribution is 5.95. The molecule has 80 valence electrons. The van der Waals surface area contributed by atoms with Gasteiger partial charge in [-0.05, 0) is 30.4 Å². The summed E-state index contributed by atoms with van der Waals surface area (Å²) >= 11 is 0. The van der Waals surface area contributed by atoms with Gasteiger partial charge in [-0.2, -0.15) is 0 Å². The highest BCUT2D eigenvalue weighted by Gasteiger charge is 2.16. The highest BCUT2D eigenvalue weighted by atomic mass is 16.5. The van der Waals surface area contributed by atoms with E-state index in [1.165, 1.54) is 6.07 Å². The number of ether oxygens (including phenoxy) is 1. The smallest absolute Gasteiger partial charge is 0.371 e. The molecular weight excluding hydrogens is 208 g/mol. The molecule has 0 amide bonds. The van der Waals surface area contributed by atoms with Crippen LogP contribution in [0.1, 0.15) is 16.1 Å². The third kappa shape index (κ3) is 1.20. The van der Waals surface area contributed by atoms with Crippen LogP contribution in [-0.4, -0.2) is 17.7 Å². The molecule has 0 radical (unpaired) electrons. The highest BCUT2D eigenvalue weighted by Crippen LogP contribution is 2.33. The average molecular weight is 216 g/mol. The minimum atomic E-state index is -1.06. The molecule has 0 bridgehead atoms. The van der Waals surface area contributed by atoms with Crippen molar-refractivity contribution in [1.82, 2.24) is 0 Å². The zero-order valence-electron chi connectivity index (χ0n) is 8.27. The van der Waals surface area contributed by atoms with Crippen LogP contribution in [0.3, 0.4) is 0 Å². The number of rotatable bonds is 1. The second-order valence-corrected chi connectivity index (χ2v) is 3.52. The van der Waals surface area contributed by atoms with Crippen molar-refractivity contribution in [3.05, 3.63) is 35.6 Å². The first kappa shape index (κ1) is 9.03. The van der Waals surface area contributed by atoms with E-state index >= 15 is 0 Å². The van der Waals surface area contributed by atoms with Gasteiger partial charge in [-0.15, -0.1) is 0 Å². The van der Waals surface area contributed by atoms with Crippen molar-refractivity contribution in [1.29, 1.82) is 0 Å². The number of furan rings is 1. The summed E-state index contributed by atoms with van der Waals surface area (Å²) in [5.74, 6) is -0.394. The molecule has 0 aliphatic carbocycles. The lowest BCUT2D eigenvalue weighted by molar-refractivity contribution is 0.0665. The average Bonchev–Trinajstić information content (AvgIpc) is 2.73. The second-order valence-electron chi connectivity index (χ2n) is 3.52. The van der Waals surface area contributed by atoms with Gasteiger partial charge in [0.2, 0.25) is 5.76 Å². The predicted molar refractivity (Wildman–Crippen MR) is 57.7 cm³/mol. The van der Waals surface area contributed by atoms with E-state index in [4.69, 9.17) is 14.3 Å². The first-order valence-corrected chi connectivity index (χ1v) is 4.85. The third-order valence-electron chi connectivity index (χ3n) is 2.52. The van der Waals surface area contributed by atoms with Crippen molar-refractivity contribution < 1.29 is 19.1 Å². The van der Waals surface area contributed by atoms with E-state index < -0.39 is 5.97 Å². The van der Waals surface area contributed by atoms with E-state index in [0.29, 0.717) is 12.2 Å². The first-order chi connectivity index (χ1) is 7.75. The maximum atomic E-state index is 10.8. The quantitative estimate of drug-likeness (QED) is 0.795. The summed E-state index contributed by atoms with van der Waals surface area (Å²) < 4.78 is 10.7. The Hall–Kier alpha value is -2.23. The van der Waals surface area contributed by atoms with E-state index in [9.17, 15) is 4.79 Å². The topological polar surface area (TPSA) is 59.7 Å². The molecular formula is C12H8O4. The van der Waals surface area contributed by atoms with Crippen molar-refractivity contribution in [2.24, 2.45) is 0 Å². The van der Waals surface area contributed by atoms with Gasteiger partial charge >= 0.3 is 5.97 Å². The van der Waals surface area contributed by atoms with Crippen LogP contribution >= 0.6 is 0 Å². The van der Waals surface area contributed by atoms with E-state index in [1.807, 2.05) is 18.2 Å². The van der Waals surface area contributed by atoms with Crippen LogP contribution in [0.5, 0.6) is 5.75 Å². The van der Waals surface area contributed by atoms with Crippen LogP contribution in [0.15, 0.2) is 28.7 Å². The zero-order chi connectivity index (χ0) is 11.1. The molecule has 1 aliphatic rings. The number of carbonyl (C=O) groups is 1. The fourth-order valence-electron chi connectivity index (χ4n) is 1.80. The lowest BCUT2D eigenvalue weighted by Gasteiger charge is -2.11. The number of hydrogen-bond acceptors (Lipinski definition) is 3. The Balaban J connectivity index is 2.32. The van der Waals surface area contributed by atoms with Crippen LogP contribution < -0.4 is 4.74 Å². The molecule has 16 heavy (non-hydrogen) atoms. The van der Waals surface area contributed by atoms with Gasteiger partial charge in [0.15, 0.2) is 0 Å². The van der Waals surface area contributed by atoms with Crippen LogP contribution in [0.25, 0.3) is 17.0 Å². The Kier molecular flexibility index (Phi) is 1.77. The molecule has 3 rings (SSSR count). The molecule has 1 aliphatic heterocycles. The molecule has 0 saturated carbocycles. The summed E-state index contributed by atoms with van der Waals surface area (Å²) in [6, 6.07) is 5.13. The van der Waals surface area contributed by atoms with Crippen LogP contribution in [-0.2, 0) is 0 Å². The Morgan fingerprint density at radius 2 is 2.25 bits per heavy atom. The van der Waals surface area contributed by atoms with Gasteiger partial charge in [0.1, 0.15) is 17.9 Å². The number of fused-ring (bicyclic) bond motifs is 3. The maximum absolute atomic E-state index is 10.8. The Morgan fingerprint density at radius 3 is 3.06 bits per heavy atom. The molecule has 1 aromatic heterocycles. The molecule has 2 heterocycles. The van der Waals surface area contributed by atoms with Crippen molar-refractivity contribution in [3.63, 3.8) is 0 Å². The summed E-state index contributed by atoms with van der Waals surface area (Å²) in [5, 5.41) is 9.62. The third-order valence-corrected chi connectivity index (χ3v) is 2.52. The Bertz CT molecular complexity index is 607. The summed E-state index contributed by atoms with van der Waals surface area (Å²) in [4.78, 5) is 10.8. The Morgan fingerprint density at radius 1 is 1.38 bits per heavy atom. The molecule has 4 heteroatoms. The van der Waals surface area contributed by atoms with Crippen molar-refractivity contribution in [2.75, 3.05) is 6.61 Å². The van der Waals surface area contributed by atoms with Crippen LogP contribution in [0.4, 0.5) is 0 Å². The van der Waals surface area contributed by atoms with Gasteiger partial charge in [0, 0.05) is 5.39 Å². The van der Waals surface area contributed by atoms with Crippen molar-refractivity contribution in [3.8, 4) is 5.75 Å². The van der Waals surface area contributed by atoms with Gasteiger partial charge in [-0.1, -0.05) is 0 Å². The van der Waals surface area contributed by atoms with E-state index in [0.717, 1.165) is 16.7 Å². The predicted octanol–water partition coefficient (Wildman–Crippen LogP) is 2.54. The van der Waals surface area contributed by atoms with Gasteiger partial charge < -0.3 is 14.3 Å². The van der Waals surface area contributed by atoms with Crippen LogP contribution in [0, 0.1) is 0 Å². The monoisotopic (exact) mass is 216 g/mol. The number of carboxylic acids is 1. The summed E-state index contributed by atoms with van der Waals surface area (Å²) in [6.45, 7) is 0.533. The normalized spacial score (nSPS) is 13.5.